The van der Waals surface area contributed by atoms with Gasteiger partial charge >= 0.3 is 18.3 Å². The van der Waals surface area contributed by atoms with Crippen LogP contribution in [0.15, 0.2) is 139 Å². The minimum atomic E-state index is -4.02. The van der Waals surface area contributed by atoms with Crippen LogP contribution < -0.4 is 20.1 Å². The van der Waals surface area contributed by atoms with E-state index in [1.165, 1.54) is 33.3 Å². The smallest absolute Gasteiger partial charge is 0.487 e. The van der Waals surface area contributed by atoms with Gasteiger partial charge < -0.3 is 72.3 Å². The Bertz CT molecular complexity index is 4700. The molecular formula is C78H101BN7O23S4. The zero-order valence-corrected chi connectivity index (χ0v) is 67.0. The summed E-state index contributed by atoms with van der Waals surface area (Å²) in [5.41, 5.74) is 3.71. The molecular weight excluding hydrogens is 1540 g/mol. The van der Waals surface area contributed by atoms with Gasteiger partial charge in [-0.05, 0) is 156 Å². The lowest BCUT2D eigenvalue weighted by Gasteiger charge is -2.31. The number of fused-ring (bicyclic) bond motifs is 4. The molecule has 5 aliphatic heterocycles. The molecule has 5 aliphatic rings. The second-order valence-corrected chi connectivity index (χ2v) is 35.4. The van der Waals surface area contributed by atoms with Crippen molar-refractivity contribution in [1.29, 1.82) is 0 Å². The third kappa shape index (κ3) is 24.3. The number of hydrogen-bond donors (Lipinski definition) is 4. The first-order valence-corrected chi connectivity index (χ1v) is 41.3. The van der Waals surface area contributed by atoms with E-state index < -0.39 is 92.3 Å². The summed E-state index contributed by atoms with van der Waals surface area (Å²) in [4.78, 5) is 73.8. The second-order valence-electron chi connectivity index (χ2n) is 29.4. The monoisotopic (exact) mass is 1640 g/mol. The first-order valence-electron chi connectivity index (χ1n) is 36.6. The summed E-state index contributed by atoms with van der Waals surface area (Å²) in [6.45, 7) is 18.8. The Morgan fingerprint density at radius 1 is 0.611 bits per heavy atom. The number of ether oxygens (including phenoxy) is 9. The highest BCUT2D eigenvalue weighted by Gasteiger charge is 2.46. The number of alkyl carbamates (subject to hydrolysis) is 2. The Hall–Kier alpha value is -8.59. The van der Waals surface area contributed by atoms with Crippen LogP contribution in [0.4, 0.5) is 14.4 Å². The Balaban J connectivity index is 0.000000228. The summed E-state index contributed by atoms with van der Waals surface area (Å²) in [5, 5.41) is 36.4. The van der Waals surface area contributed by atoms with Gasteiger partial charge in [-0.25, -0.2) is 41.2 Å². The van der Waals surface area contributed by atoms with Crippen molar-refractivity contribution in [3.05, 3.63) is 153 Å². The van der Waals surface area contributed by atoms with Crippen molar-refractivity contribution < 1.29 is 109 Å². The third-order valence-electron chi connectivity index (χ3n) is 18.5. The number of benzene rings is 4. The van der Waals surface area contributed by atoms with Crippen LogP contribution in [0.3, 0.4) is 0 Å². The van der Waals surface area contributed by atoms with E-state index in [2.05, 4.69) is 25.4 Å². The van der Waals surface area contributed by atoms with Gasteiger partial charge in [-0.2, -0.15) is 8.61 Å². The summed E-state index contributed by atoms with van der Waals surface area (Å²) in [6.07, 6.45) is -1.70. The molecule has 0 saturated carbocycles. The van der Waals surface area contributed by atoms with E-state index in [9.17, 15) is 51.0 Å². The normalized spacial score (nSPS) is 19.8. The first kappa shape index (κ1) is 88.4. The number of thiazole rings is 2. The predicted octanol–water partition coefficient (Wildman–Crippen LogP) is 11.3. The number of aryl methyl sites for hydroxylation is 2. The van der Waals surface area contributed by atoms with E-state index in [0.29, 0.717) is 64.9 Å². The SMILES string of the molecule is C.Cc1nc(COc2ccc(C[C@H](NC(=O)OC(C)(C)C)[C@H](O)CN(CC(C)C)S(=O)(=O)c3ccc4occc4c3)cc2)cs1.Cc1nc(COc2ccc(C[C@H](NC(=O)O[C@H]3CO[C@H]4OCC[C@H]43)[C@H](O)CN(CC(C)C)S(=O)(=O)c3ccc4occc4c3)cc2)cs1.O=C(O[C@H]1COC2OCCC21)ON1C(=O)CCC1=O.[2HH].[B]. The molecule has 4 aromatic carbocycles. The zero-order valence-electron chi connectivity index (χ0n) is 63.7. The maximum Gasteiger partial charge on any atom is 0.534 e. The number of amides is 4. The van der Waals surface area contributed by atoms with Crippen molar-refractivity contribution in [2.24, 2.45) is 23.7 Å². The van der Waals surface area contributed by atoms with Gasteiger partial charge in [0.1, 0.15) is 53.7 Å². The molecule has 0 aliphatic carbocycles. The highest BCUT2D eigenvalue weighted by molar-refractivity contribution is 7.89. The molecule has 30 nitrogen and oxygen atoms in total. The molecule has 3 radical (unpaired) electrons. The molecule has 9 heterocycles. The average molecular weight is 1640 g/mol. The van der Waals surface area contributed by atoms with Crippen molar-refractivity contribution in [3.8, 4) is 11.5 Å². The molecule has 0 bridgehead atoms. The van der Waals surface area contributed by atoms with Crippen molar-refractivity contribution in [2.45, 2.75) is 186 Å². The van der Waals surface area contributed by atoms with E-state index >= 15 is 0 Å². The van der Waals surface area contributed by atoms with Gasteiger partial charge in [0.25, 0.3) is 11.8 Å². The van der Waals surface area contributed by atoms with Crippen LogP contribution in [-0.2, 0) is 93.7 Å². The highest BCUT2D eigenvalue weighted by Crippen LogP contribution is 2.36. The number of hydroxylamine groups is 2. The van der Waals surface area contributed by atoms with Crippen LogP contribution in [0, 0.1) is 37.5 Å². The van der Waals surface area contributed by atoms with Crippen molar-refractivity contribution in [1.82, 2.24) is 34.3 Å². The maximum absolute atomic E-state index is 13.9. The van der Waals surface area contributed by atoms with Gasteiger partial charge in [0.15, 0.2) is 12.6 Å². The Labute approximate surface area is 669 Å². The topological polar surface area (TPSA) is 372 Å². The van der Waals surface area contributed by atoms with Gasteiger partial charge in [-0.3, -0.25) is 14.4 Å². The van der Waals surface area contributed by atoms with Gasteiger partial charge in [0.05, 0.1) is 106 Å². The van der Waals surface area contributed by atoms with E-state index in [4.69, 9.17) is 51.5 Å². The lowest BCUT2D eigenvalue weighted by molar-refractivity contribution is -0.179. The van der Waals surface area contributed by atoms with E-state index in [1.807, 2.05) is 101 Å². The van der Waals surface area contributed by atoms with Crippen LogP contribution in [0.1, 0.15) is 116 Å². The summed E-state index contributed by atoms with van der Waals surface area (Å²) < 4.78 is 119. The number of aliphatic hydroxyl groups excluding tert-OH is 2. The summed E-state index contributed by atoms with van der Waals surface area (Å²) >= 11 is 3.12. The quantitative estimate of drug-likeness (QED) is 0.0146. The predicted molar refractivity (Wildman–Crippen MR) is 419 cm³/mol. The number of furan rings is 2. The molecule has 8 aromatic rings. The fourth-order valence-electron chi connectivity index (χ4n) is 13.1. The lowest BCUT2D eigenvalue weighted by Crippen LogP contribution is -2.51. The number of rotatable bonds is 29. The van der Waals surface area contributed by atoms with Crippen LogP contribution in [0.25, 0.3) is 21.9 Å². The Kier molecular flexibility index (Phi) is 31.0. The van der Waals surface area contributed by atoms with Crippen molar-refractivity contribution in [3.63, 3.8) is 0 Å². The van der Waals surface area contributed by atoms with E-state index in [-0.39, 0.29) is 128 Å². The van der Waals surface area contributed by atoms with Crippen LogP contribution in [-0.4, -0.2) is 197 Å². The van der Waals surface area contributed by atoms with Crippen molar-refractivity contribution >= 4 is 103 Å². The Morgan fingerprint density at radius 2 is 1.04 bits per heavy atom. The van der Waals surface area contributed by atoms with Crippen molar-refractivity contribution in [2.75, 3.05) is 52.6 Å². The number of hydrogen-bond acceptors (Lipinski definition) is 27. The van der Waals surface area contributed by atoms with Gasteiger partial charge in [-0.1, -0.05) is 64.5 Å². The molecule has 4 aromatic heterocycles. The van der Waals surface area contributed by atoms with Crippen LogP contribution in [0.5, 0.6) is 11.5 Å². The zero-order chi connectivity index (χ0) is 79.3. The molecule has 5 fully saturated rings. The average Bonchev–Trinajstić information content (AvgIpc) is 1.13. The molecule has 5 saturated heterocycles. The number of imide groups is 1. The largest absolute Gasteiger partial charge is 0.534 e. The molecule has 113 heavy (non-hydrogen) atoms. The number of nitrogens with one attached hydrogen (secondary N) is 2. The molecule has 4 amide bonds. The van der Waals surface area contributed by atoms with Gasteiger partial charge in [-0.15, -0.1) is 22.7 Å². The molecule has 0 spiro atoms. The summed E-state index contributed by atoms with van der Waals surface area (Å²) in [5.74, 6) is 0.0981. The minimum absolute atomic E-state index is 0. The summed E-state index contributed by atoms with van der Waals surface area (Å²) in [6, 6.07) is 25.7. The minimum Gasteiger partial charge on any atom is -0.487 e. The number of carbonyl (C=O) groups is 5. The molecule has 13 rings (SSSR count). The lowest BCUT2D eigenvalue weighted by atomic mass is 10.0. The Morgan fingerprint density at radius 3 is 1.44 bits per heavy atom. The molecule has 10 atom stereocenters. The molecule has 35 heteroatoms. The third-order valence-corrected chi connectivity index (χ3v) is 23.8. The number of nitrogens with zero attached hydrogens (tertiary/aromatic N) is 5. The number of aliphatic hydroxyl groups is 2. The molecule has 4 N–H and O–H groups in total. The van der Waals surface area contributed by atoms with E-state index in [0.717, 1.165) is 45.4 Å². The number of carbonyl (C=O) groups excluding carboxylic acids is 5. The fraction of sp³-hybridized carbons (Fsp3) is 0.500. The molecule has 2 unspecified atom stereocenters. The highest BCUT2D eigenvalue weighted by atomic mass is 32.2. The number of aromatic nitrogens is 2. The first-order chi connectivity index (χ1) is 52.9. The van der Waals surface area contributed by atoms with Crippen LogP contribution in [0.2, 0.25) is 0 Å². The maximum atomic E-state index is 13.9. The van der Waals surface area contributed by atoms with Crippen LogP contribution >= 0.6 is 22.7 Å². The summed E-state index contributed by atoms with van der Waals surface area (Å²) in [7, 11) is -8.01. The van der Waals surface area contributed by atoms with Gasteiger partial charge in [0, 0.05) is 70.4 Å². The van der Waals surface area contributed by atoms with Gasteiger partial charge in [0.2, 0.25) is 20.0 Å². The second kappa shape index (κ2) is 39.6. The van der Waals surface area contributed by atoms with E-state index in [1.54, 1.807) is 79.8 Å². The fourth-order valence-corrected chi connectivity index (χ4v) is 17.6. The molecule has 613 valence electrons. The standard InChI is InChI=1S/C34H41N3O9S2.C32H41N3O7S2.C11H13NO7.CH4.B.H2/c1-21(2)16-37(48(40,41)27-8-9-31-24(15-27)10-12-42-31)17-30(38)29(36-34(39)46-32-19-45-33-28(32)11-13-43-33)14-23-4-6-26(7-5-23)44-18-25-20-47-22(3)35-25;1-21(2)17-35(44(38,39)27-11-12-30-24(16-27)13-14-40-30)18-29(36)28(34-31(37)42-32(4,5)6)15-23-7-9-26(10-8-23)41-19-25-20-43-22(3)33-25;13-8-1-2-9(14)12(8)19-11(15)18-7-5-17-10-6(7)3-4-16-10;;;/h4-10,12,15,20-21,28-30,32-33,38H,11,13-14,16-19H2,1-3H3,(H,36,39);7-14,16,20-21,28-29,36H,15,17-19H2,1-6H3,(H,34,37);6-7,10H,1-5H2;1H4;;1H/t28-,29-,30+,32-,33+;28-,29+;6?,7-,10?;;;/m000.../s1/i;;;;;1+1. The number of sulfonamides is 2.